The quantitative estimate of drug-likeness (QED) is 0.926. The third kappa shape index (κ3) is 2.75. The van der Waals surface area contributed by atoms with Crippen molar-refractivity contribution in [1.82, 2.24) is 9.97 Å². The molecule has 1 aliphatic heterocycles. The van der Waals surface area contributed by atoms with Gasteiger partial charge < -0.3 is 15.0 Å². The minimum Gasteiger partial charge on any atom is -0.379 e. The number of piperidine rings is 1. The molecule has 1 aromatic rings. The Kier molecular flexibility index (Phi) is 4.40. The van der Waals surface area contributed by atoms with Crippen LogP contribution in [0.1, 0.15) is 13.3 Å². The van der Waals surface area contributed by atoms with E-state index in [1.54, 1.807) is 13.3 Å². The molecule has 1 aliphatic rings. The molecular formula is C12H19BrN4O. The zero-order valence-electron chi connectivity index (χ0n) is 11.0. The van der Waals surface area contributed by atoms with Gasteiger partial charge in [0.15, 0.2) is 0 Å². The summed E-state index contributed by atoms with van der Waals surface area (Å²) in [6, 6.07) is 0. The number of anilines is 2. The van der Waals surface area contributed by atoms with Gasteiger partial charge in [-0.2, -0.15) is 4.98 Å². The number of nitrogens with zero attached hydrogens (tertiary/aromatic N) is 3. The first-order valence-corrected chi connectivity index (χ1v) is 6.93. The Balaban J connectivity index is 2.20. The molecule has 0 aromatic carbocycles. The lowest BCUT2D eigenvalue weighted by atomic mass is 9.96. The fourth-order valence-corrected chi connectivity index (χ4v) is 2.68. The SMILES string of the molecule is CNc1ncc(Br)c(N2CCC(C)C(OC)C2)n1. The Morgan fingerprint density at radius 2 is 2.33 bits per heavy atom. The summed E-state index contributed by atoms with van der Waals surface area (Å²) in [7, 11) is 3.60. The molecule has 0 spiro atoms. The zero-order chi connectivity index (χ0) is 13.1. The number of rotatable bonds is 3. The van der Waals surface area contributed by atoms with Crippen LogP contribution in [0.3, 0.4) is 0 Å². The van der Waals surface area contributed by atoms with Crippen LogP contribution in [0.25, 0.3) is 0 Å². The van der Waals surface area contributed by atoms with Crippen molar-refractivity contribution in [2.24, 2.45) is 5.92 Å². The van der Waals surface area contributed by atoms with Gasteiger partial charge in [0.1, 0.15) is 5.82 Å². The summed E-state index contributed by atoms with van der Waals surface area (Å²) in [5, 5.41) is 2.97. The second-order valence-electron chi connectivity index (χ2n) is 4.60. The van der Waals surface area contributed by atoms with Gasteiger partial charge in [-0.15, -0.1) is 0 Å². The molecule has 0 amide bonds. The molecule has 2 atom stereocenters. The molecule has 0 aliphatic carbocycles. The fourth-order valence-electron chi connectivity index (χ4n) is 2.23. The van der Waals surface area contributed by atoms with Crippen LogP contribution in [-0.4, -0.2) is 43.3 Å². The maximum absolute atomic E-state index is 5.54. The summed E-state index contributed by atoms with van der Waals surface area (Å²) < 4.78 is 6.46. The minimum absolute atomic E-state index is 0.263. The van der Waals surface area contributed by atoms with E-state index >= 15 is 0 Å². The van der Waals surface area contributed by atoms with Gasteiger partial charge in [-0.1, -0.05) is 6.92 Å². The number of methoxy groups -OCH3 is 1. The predicted octanol–water partition coefficient (Wildman–Crippen LogP) is 2.14. The van der Waals surface area contributed by atoms with E-state index in [0.717, 1.165) is 29.8 Å². The lowest BCUT2D eigenvalue weighted by Gasteiger charge is -2.37. The van der Waals surface area contributed by atoms with E-state index in [4.69, 9.17) is 4.74 Å². The first kappa shape index (κ1) is 13.5. The highest BCUT2D eigenvalue weighted by Crippen LogP contribution is 2.29. The molecule has 5 nitrogen and oxygen atoms in total. The number of hydrogen-bond acceptors (Lipinski definition) is 5. The monoisotopic (exact) mass is 314 g/mol. The molecule has 18 heavy (non-hydrogen) atoms. The van der Waals surface area contributed by atoms with Gasteiger partial charge in [-0.25, -0.2) is 4.98 Å². The normalized spacial score (nSPS) is 24.1. The summed E-state index contributed by atoms with van der Waals surface area (Å²) in [5.41, 5.74) is 0. The molecule has 0 saturated carbocycles. The first-order chi connectivity index (χ1) is 8.65. The molecule has 0 radical (unpaired) electrons. The van der Waals surface area contributed by atoms with Crippen molar-refractivity contribution in [2.75, 3.05) is 37.5 Å². The maximum Gasteiger partial charge on any atom is 0.224 e. The first-order valence-electron chi connectivity index (χ1n) is 6.13. The van der Waals surface area contributed by atoms with E-state index in [0.29, 0.717) is 11.9 Å². The highest BCUT2D eigenvalue weighted by molar-refractivity contribution is 9.10. The minimum atomic E-state index is 0.263. The van der Waals surface area contributed by atoms with Crippen molar-refractivity contribution in [3.05, 3.63) is 10.7 Å². The van der Waals surface area contributed by atoms with Crippen molar-refractivity contribution in [3.8, 4) is 0 Å². The molecule has 1 N–H and O–H groups in total. The van der Waals surface area contributed by atoms with Crippen molar-refractivity contribution in [2.45, 2.75) is 19.4 Å². The van der Waals surface area contributed by atoms with E-state index in [1.165, 1.54) is 0 Å². The van der Waals surface area contributed by atoms with Crippen LogP contribution in [0, 0.1) is 5.92 Å². The van der Waals surface area contributed by atoms with Crippen LogP contribution < -0.4 is 10.2 Å². The second kappa shape index (κ2) is 5.84. The molecule has 6 heteroatoms. The summed E-state index contributed by atoms with van der Waals surface area (Å²) in [6.07, 6.45) is 3.16. The van der Waals surface area contributed by atoms with E-state index in [-0.39, 0.29) is 6.10 Å². The number of aromatic nitrogens is 2. The molecular weight excluding hydrogens is 296 g/mol. The van der Waals surface area contributed by atoms with Crippen LogP contribution >= 0.6 is 15.9 Å². The lowest BCUT2D eigenvalue weighted by Crippen LogP contribution is -2.44. The number of ether oxygens (including phenoxy) is 1. The topological polar surface area (TPSA) is 50.3 Å². The summed E-state index contributed by atoms with van der Waals surface area (Å²) in [4.78, 5) is 10.9. The molecule has 2 unspecified atom stereocenters. The number of hydrogen-bond donors (Lipinski definition) is 1. The summed E-state index contributed by atoms with van der Waals surface area (Å²) >= 11 is 3.52. The van der Waals surface area contributed by atoms with Crippen molar-refractivity contribution in [3.63, 3.8) is 0 Å². The van der Waals surface area contributed by atoms with Gasteiger partial charge in [-0.05, 0) is 28.3 Å². The third-order valence-corrected chi connectivity index (χ3v) is 4.00. The van der Waals surface area contributed by atoms with Gasteiger partial charge in [0.25, 0.3) is 0 Å². The van der Waals surface area contributed by atoms with Crippen molar-refractivity contribution >= 4 is 27.7 Å². The van der Waals surface area contributed by atoms with E-state index in [1.807, 2.05) is 7.05 Å². The number of nitrogens with one attached hydrogen (secondary N) is 1. The molecule has 0 bridgehead atoms. The maximum atomic E-state index is 5.54. The van der Waals surface area contributed by atoms with Gasteiger partial charge in [-0.3, -0.25) is 0 Å². The van der Waals surface area contributed by atoms with Crippen molar-refractivity contribution < 1.29 is 4.74 Å². The van der Waals surface area contributed by atoms with Gasteiger partial charge in [0, 0.05) is 33.4 Å². The number of halogens is 1. The third-order valence-electron chi connectivity index (χ3n) is 3.44. The average molecular weight is 315 g/mol. The van der Waals surface area contributed by atoms with Crippen LogP contribution in [-0.2, 0) is 4.74 Å². The average Bonchev–Trinajstić information content (AvgIpc) is 2.40. The Morgan fingerprint density at radius 1 is 1.56 bits per heavy atom. The molecule has 2 heterocycles. The second-order valence-corrected chi connectivity index (χ2v) is 5.46. The predicted molar refractivity (Wildman–Crippen MR) is 76.1 cm³/mol. The molecule has 2 rings (SSSR count). The Bertz CT molecular complexity index is 415. The van der Waals surface area contributed by atoms with Gasteiger partial charge in [0.05, 0.1) is 10.6 Å². The largest absolute Gasteiger partial charge is 0.379 e. The van der Waals surface area contributed by atoms with Crippen LogP contribution in [0.15, 0.2) is 10.7 Å². The summed E-state index contributed by atoms with van der Waals surface area (Å²) in [6.45, 7) is 4.11. The molecule has 1 saturated heterocycles. The molecule has 1 fully saturated rings. The van der Waals surface area contributed by atoms with Crippen LogP contribution in [0.4, 0.5) is 11.8 Å². The zero-order valence-corrected chi connectivity index (χ0v) is 12.6. The highest BCUT2D eigenvalue weighted by Gasteiger charge is 2.27. The van der Waals surface area contributed by atoms with Gasteiger partial charge >= 0.3 is 0 Å². The van der Waals surface area contributed by atoms with E-state index in [9.17, 15) is 0 Å². The fraction of sp³-hybridized carbons (Fsp3) is 0.667. The van der Waals surface area contributed by atoms with Crippen LogP contribution in [0.2, 0.25) is 0 Å². The molecule has 100 valence electrons. The summed E-state index contributed by atoms with van der Waals surface area (Å²) in [5.74, 6) is 2.17. The Labute approximate surface area is 116 Å². The smallest absolute Gasteiger partial charge is 0.224 e. The molecule has 1 aromatic heterocycles. The van der Waals surface area contributed by atoms with Gasteiger partial charge in [0.2, 0.25) is 5.95 Å². The van der Waals surface area contributed by atoms with E-state index in [2.05, 4.69) is 43.0 Å². The Hall–Kier alpha value is -0.880. The van der Waals surface area contributed by atoms with Crippen molar-refractivity contribution in [1.29, 1.82) is 0 Å². The lowest BCUT2D eigenvalue weighted by molar-refractivity contribution is 0.0496. The van der Waals surface area contributed by atoms with Crippen LogP contribution in [0.5, 0.6) is 0 Å². The van der Waals surface area contributed by atoms with E-state index < -0.39 is 0 Å². The standard InChI is InChI=1S/C12H19BrN4O/c1-8-4-5-17(7-10(8)18-3)11-9(13)6-15-12(14-2)16-11/h6,8,10H,4-5,7H2,1-3H3,(H,14,15,16). The Morgan fingerprint density at radius 3 is 3.00 bits per heavy atom. The highest BCUT2D eigenvalue weighted by atomic mass is 79.9.